The molecule has 4 aromatic rings. The minimum Gasteiger partial charge on any atom is -0.508 e. The van der Waals surface area contributed by atoms with Crippen LogP contribution in [-0.4, -0.2) is 32.6 Å². The highest BCUT2D eigenvalue weighted by molar-refractivity contribution is 9.10. The van der Waals surface area contributed by atoms with Crippen LogP contribution in [0.5, 0.6) is 5.75 Å². The molecular formula is C28H20BrN3O5S2. The van der Waals surface area contributed by atoms with Crippen molar-refractivity contribution in [2.45, 2.75) is 22.7 Å². The fourth-order valence-corrected chi connectivity index (χ4v) is 8.04. The van der Waals surface area contributed by atoms with Gasteiger partial charge in [-0.2, -0.15) is 0 Å². The SMILES string of the molecule is O=C(Cn1c2c(sc1=O)[C@@H](c1ccc(Br)cc1)[C@@H]1C(=O)N(c3ccccc3)C(=O)[C@@H]1S2)Nc1ccc(O)cc1. The van der Waals surface area contributed by atoms with Gasteiger partial charge in [-0.25, -0.2) is 4.90 Å². The van der Waals surface area contributed by atoms with E-state index in [0.717, 1.165) is 21.4 Å². The van der Waals surface area contributed by atoms with Gasteiger partial charge in [-0.05, 0) is 54.1 Å². The highest BCUT2D eigenvalue weighted by Gasteiger charge is 2.56. The molecule has 0 spiro atoms. The van der Waals surface area contributed by atoms with Gasteiger partial charge in [0.25, 0.3) is 0 Å². The molecule has 2 aliphatic heterocycles. The molecule has 1 saturated heterocycles. The number of phenols is 1. The van der Waals surface area contributed by atoms with E-state index in [0.29, 0.717) is 21.3 Å². The topological polar surface area (TPSA) is 109 Å². The Morgan fingerprint density at radius 2 is 1.62 bits per heavy atom. The number of nitrogens with zero attached hydrogens (tertiary/aromatic N) is 2. The van der Waals surface area contributed by atoms with Gasteiger partial charge in [0.05, 0.1) is 16.6 Å². The lowest BCUT2D eigenvalue weighted by atomic mass is 9.83. The molecule has 3 amide bonds. The van der Waals surface area contributed by atoms with Crippen LogP contribution in [0.1, 0.15) is 16.4 Å². The number of imide groups is 1. The van der Waals surface area contributed by atoms with E-state index in [9.17, 15) is 24.3 Å². The number of phenolic OH excluding ortho intramolecular Hbond substituents is 1. The fraction of sp³-hybridized carbons (Fsp3) is 0.143. The fourth-order valence-electron chi connectivity index (χ4n) is 5.01. The third-order valence-corrected chi connectivity index (χ3v) is 9.88. The zero-order chi connectivity index (χ0) is 27.3. The lowest BCUT2D eigenvalue weighted by Gasteiger charge is -2.30. The number of carbonyl (C=O) groups excluding carboxylic acids is 3. The largest absolute Gasteiger partial charge is 0.508 e. The summed E-state index contributed by atoms with van der Waals surface area (Å²) >= 11 is 5.63. The second-order valence-corrected chi connectivity index (χ2v) is 12.2. The number of aromatic nitrogens is 1. The number of aromatic hydroxyl groups is 1. The summed E-state index contributed by atoms with van der Waals surface area (Å²) in [6.45, 7) is -0.256. The number of rotatable bonds is 5. The highest BCUT2D eigenvalue weighted by atomic mass is 79.9. The van der Waals surface area contributed by atoms with E-state index in [2.05, 4.69) is 21.2 Å². The maximum atomic E-state index is 13.8. The van der Waals surface area contributed by atoms with E-state index < -0.39 is 23.0 Å². The van der Waals surface area contributed by atoms with Gasteiger partial charge >= 0.3 is 4.87 Å². The molecule has 196 valence electrons. The Balaban J connectivity index is 1.40. The summed E-state index contributed by atoms with van der Waals surface area (Å²) in [5, 5.41) is 12.0. The van der Waals surface area contributed by atoms with Crippen molar-refractivity contribution in [3.8, 4) is 5.75 Å². The maximum Gasteiger partial charge on any atom is 0.308 e. The van der Waals surface area contributed by atoms with E-state index >= 15 is 0 Å². The van der Waals surface area contributed by atoms with Gasteiger partial charge in [0.1, 0.15) is 17.5 Å². The first kappa shape index (κ1) is 25.6. The summed E-state index contributed by atoms with van der Waals surface area (Å²) in [5.41, 5.74) is 1.80. The Kier molecular flexibility index (Phi) is 6.66. The van der Waals surface area contributed by atoms with Gasteiger partial charge in [-0.3, -0.25) is 23.7 Å². The van der Waals surface area contributed by atoms with Gasteiger partial charge in [0, 0.05) is 21.0 Å². The normalized spacial score (nSPS) is 20.0. The van der Waals surface area contributed by atoms with E-state index in [1.54, 1.807) is 36.4 Å². The van der Waals surface area contributed by atoms with Crippen molar-refractivity contribution in [3.63, 3.8) is 0 Å². The van der Waals surface area contributed by atoms with E-state index in [-0.39, 0.29) is 29.0 Å². The number of amides is 3. The monoisotopic (exact) mass is 621 g/mol. The first-order valence-corrected chi connectivity index (χ1v) is 14.5. The van der Waals surface area contributed by atoms with Crippen molar-refractivity contribution in [3.05, 3.63) is 103 Å². The van der Waals surface area contributed by atoms with Crippen LogP contribution in [0, 0.1) is 5.92 Å². The van der Waals surface area contributed by atoms with Crippen molar-refractivity contribution < 1.29 is 19.5 Å². The van der Waals surface area contributed by atoms with Crippen LogP contribution in [0.3, 0.4) is 0 Å². The summed E-state index contributed by atoms with van der Waals surface area (Å²) < 4.78 is 2.25. The molecule has 2 aliphatic rings. The molecular weight excluding hydrogens is 602 g/mol. The number of hydrogen-bond donors (Lipinski definition) is 2. The van der Waals surface area contributed by atoms with Gasteiger partial charge in [0.15, 0.2) is 0 Å². The van der Waals surface area contributed by atoms with Crippen molar-refractivity contribution in [1.29, 1.82) is 0 Å². The number of para-hydroxylation sites is 1. The molecule has 39 heavy (non-hydrogen) atoms. The van der Waals surface area contributed by atoms with Crippen LogP contribution in [0.15, 0.2) is 93.2 Å². The van der Waals surface area contributed by atoms with Crippen molar-refractivity contribution in [2.24, 2.45) is 5.92 Å². The number of carbonyl (C=O) groups is 3. The summed E-state index contributed by atoms with van der Waals surface area (Å²) in [4.78, 5) is 55.2. The number of hydrogen-bond acceptors (Lipinski definition) is 7. The van der Waals surface area contributed by atoms with Crippen molar-refractivity contribution in [1.82, 2.24) is 4.57 Å². The van der Waals surface area contributed by atoms with E-state index in [1.165, 1.54) is 33.4 Å². The lowest BCUT2D eigenvalue weighted by molar-refractivity contribution is -0.122. The number of anilines is 2. The van der Waals surface area contributed by atoms with Crippen LogP contribution < -0.4 is 15.1 Å². The number of benzene rings is 3. The standard InChI is InChI=1S/C28H20BrN3O5S2/c29-16-8-6-15(7-9-16)21-22-23(26(36)32(25(22)35)18-4-2-1-3-5-18)38-27-24(21)39-28(37)31(27)14-20(34)30-17-10-12-19(33)13-11-17/h1-13,21-23,33H,14H2,(H,30,34)/t21-,22-,23+/m0/s1. The van der Waals surface area contributed by atoms with Crippen molar-refractivity contribution >= 4 is 68.1 Å². The third kappa shape index (κ3) is 4.60. The first-order valence-electron chi connectivity index (χ1n) is 12.0. The summed E-state index contributed by atoms with van der Waals surface area (Å²) in [5.74, 6) is -2.22. The summed E-state index contributed by atoms with van der Waals surface area (Å²) in [7, 11) is 0. The van der Waals surface area contributed by atoms with Crippen LogP contribution in [0.4, 0.5) is 11.4 Å². The van der Waals surface area contributed by atoms with Gasteiger partial charge in [-0.15, -0.1) is 0 Å². The van der Waals surface area contributed by atoms with E-state index in [4.69, 9.17) is 0 Å². The Morgan fingerprint density at radius 1 is 0.923 bits per heavy atom. The summed E-state index contributed by atoms with van der Waals surface area (Å²) in [6.07, 6.45) is 0. The number of halogens is 1. The zero-order valence-electron chi connectivity index (χ0n) is 20.1. The number of thioether (sulfide) groups is 1. The molecule has 11 heteroatoms. The molecule has 3 aromatic carbocycles. The Bertz CT molecular complexity index is 1650. The quantitative estimate of drug-likeness (QED) is 0.244. The van der Waals surface area contributed by atoms with Crippen LogP contribution in [-0.2, 0) is 20.9 Å². The molecule has 3 atom stereocenters. The molecule has 0 radical (unpaired) electrons. The molecule has 1 aromatic heterocycles. The summed E-state index contributed by atoms with van der Waals surface area (Å²) in [6, 6.07) is 22.4. The average molecular weight is 623 g/mol. The minimum atomic E-state index is -0.751. The first-order chi connectivity index (χ1) is 18.8. The van der Waals surface area contributed by atoms with Crippen LogP contribution in [0.2, 0.25) is 0 Å². The predicted molar refractivity (Wildman–Crippen MR) is 153 cm³/mol. The molecule has 1 fully saturated rings. The number of thiazole rings is 1. The Hall–Kier alpha value is -3.67. The molecule has 0 saturated carbocycles. The van der Waals surface area contributed by atoms with Crippen molar-refractivity contribution in [2.75, 3.05) is 10.2 Å². The molecule has 2 N–H and O–H groups in total. The maximum absolute atomic E-state index is 13.8. The third-order valence-electron chi connectivity index (χ3n) is 6.75. The number of nitrogens with one attached hydrogen (secondary N) is 1. The highest BCUT2D eigenvalue weighted by Crippen LogP contribution is 2.53. The zero-order valence-corrected chi connectivity index (χ0v) is 23.3. The molecule has 0 unspecified atom stereocenters. The molecule has 0 bridgehead atoms. The molecule has 8 nitrogen and oxygen atoms in total. The van der Waals surface area contributed by atoms with Gasteiger partial charge in [-0.1, -0.05) is 69.4 Å². The molecule has 0 aliphatic carbocycles. The van der Waals surface area contributed by atoms with Crippen LogP contribution in [0.25, 0.3) is 0 Å². The average Bonchev–Trinajstić information content (AvgIpc) is 3.37. The Labute approximate surface area is 239 Å². The lowest BCUT2D eigenvalue weighted by Crippen LogP contribution is -2.33. The molecule has 6 rings (SSSR count). The van der Waals surface area contributed by atoms with Crippen LogP contribution >= 0.6 is 39.0 Å². The second kappa shape index (κ2) is 10.1. The predicted octanol–water partition coefficient (Wildman–Crippen LogP) is 4.81. The van der Waals surface area contributed by atoms with Gasteiger partial charge in [0.2, 0.25) is 17.7 Å². The molecule has 3 heterocycles. The minimum absolute atomic E-state index is 0.0707. The van der Waals surface area contributed by atoms with Gasteiger partial charge < -0.3 is 10.4 Å². The smallest absolute Gasteiger partial charge is 0.308 e. The second-order valence-electron chi connectivity index (χ2n) is 9.16. The number of fused-ring (bicyclic) bond motifs is 2. The van der Waals surface area contributed by atoms with E-state index in [1.807, 2.05) is 30.3 Å². The Morgan fingerprint density at radius 3 is 2.31 bits per heavy atom.